The van der Waals surface area contributed by atoms with E-state index in [0.29, 0.717) is 12.1 Å². The Hall–Kier alpha value is -3.74. The van der Waals surface area contributed by atoms with E-state index in [0.717, 1.165) is 5.56 Å². The second-order valence-electron chi connectivity index (χ2n) is 9.62. The van der Waals surface area contributed by atoms with Gasteiger partial charge in [-0.1, -0.05) is 55.5 Å². The summed E-state index contributed by atoms with van der Waals surface area (Å²) >= 11 is 0. The van der Waals surface area contributed by atoms with E-state index >= 15 is 0 Å². The first-order valence-corrected chi connectivity index (χ1v) is 12.1. The van der Waals surface area contributed by atoms with Crippen LogP contribution in [0.15, 0.2) is 66.7 Å². The fourth-order valence-corrected chi connectivity index (χ4v) is 5.46. The summed E-state index contributed by atoms with van der Waals surface area (Å²) in [6.07, 6.45) is 4.59. The van der Waals surface area contributed by atoms with Crippen LogP contribution in [-0.4, -0.2) is 35.1 Å². The highest BCUT2D eigenvalue weighted by Crippen LogP contribution is 2.41. The molecule has 0 saturated carbocycles. The van der Waals surface area contributed by atoms with Crippen LogP contribution in [0.5, 0.6) is 5.75 Å². The number of hydrogen-bond acceptors (Lipinski definition) is 5. The third-order valence-electron chi connectivity index (χ3n) is 7.41. The van der Waals surface area contributed by atoms with Gasteiger partial charge in [0, 0.05) is 19.0 Å². The number of hydrogen-bond donors (Lipinski definition) is 0. The van der Waals surface area contributed by atoms with Crippen LogP contribution in [0.2, 0.25) is 0 Å². The van der Waals surface area contributed by atoms with E-state index in [1.165, 1.54) is 4.90 Å². The van der Waals surface area contributed by atoms with Gasteiger partial charge in [-0.05, 0) is 37.0 Å². The molecule has 0 unspecified atom stereocenters. The van der Waals surface area contributed by atoms with Gasteiger partial charge in [0.25, 0.3) is 0 Å². The number of rotatable bonds is 5. The first-order valence-electron chi connectivity index (χ1n) is 12.1. The lowest BCUT2D eigenvalue weighted by Crippen LogP contribution is -2.31. The molecule has 2 aliphatic heterocycles. The van der Waals surface area contributed by atoms with Crippen molar-refractivity contribution in [3.05, 3.63) is 72.3 Å². The van der Waals surface area contributed by atoms with E-state index in [1.54, 1.807) is 29.2 Å². The molecule has 3 aliphatic rings. The number of anilines is 1. The summed E-state index contributed by atoms with van der Waals surface area (Å²) in [5.41, 5.74) is 1.40. The number of amides is 3. The van der Waals surface area contributed by atoms with Crippen LogP contribution < -0.4 is 9.64 Å². The average Bonchev–Trinajstić information content (AvgIpc) is 3.37. The Morgan fingerprint density at radius 2 is 1.80 bits per heavy atom. The van der Waals surface area contributed by atoms with E-state index in [-0.39, 0.29) is 60.2 Å². The number of allylic oxidation sites excluding steroid dienone is 2. The van der Waals surface area contributed by atoms with E-state index in [1.807, 2.05) is 56.3 Å². The summed E-state index contributed by atoms with van der Waals surface area (Å²) < 4.78 is 5.61. The van der Waals surface area contributed by atoms with E-state index in [2.05, 4.69) is 0 Å². The molecule has 7 heteroatoms. The number of esters is 1. The van der Waals surface area contributed by atoms with Crippen LogP contribution in [0.4, 0.5) is 5.69 Å². The molecule has 180 valence electrons. The number of nitrogens with zero attached hydrogens (tertiary/aromatic N) is 2. The number of ether oxygens (including phenoxy) is 1. The van der Waals surface area contributed by atoms with Gasteiger partial charge in [0.2, 0.25) is 17.7 Å². The van der Waals surface area contributed by atoms with Gasteiger partial charge < -0.3 is 9.64 Å². The lowest BCUT2D eigenvalue weighted by molar-refractivity contribution is -0.139. The molecule has 1 aliphatic carbocycles. The topological polar surface area (TPSA) is 84.0 Å². The quantitative estimate of drug-likeness (QED) is 0.285. The maximum Gasteiger partial charge on any atom is 0.316 e. The number of fused-ring (bicyclic) bond motifs is 1. The predicted molar refractivity (Wildman–Crippen MR) is 129 cm³/mol. The third-order valence-corrected chi connectivity index (χ3v) is 7.41. The van der Waals surface area contributed by atoms with Crippen molar-refractivity contribution < 1.29 is 23.9 Å². The molecule has 0 spiro atoms. The van der Waals surface area contributed by atoms with Crippen molar-refractivity contribution in [2.24, 2.45) is 23.7 Å². The van der Waals surface area contributed by atoms with Crippen LogP contribution >= 0.6 is 0 Å². The first kappa shape index (κ1) is 23.0. The van der Waals surface area contributed by atoms with Crippen molar-refractivity contribution in [1.29, 1.82) is 0 Å². The molecule has 0 radical (unpaired) electrons. The summed E-state index contributed by atoms with van der Waals surface area (Å²) in [5, 5.41) is 0. The molecule has 5 rings (SSSR count). The SMILES string of the molecule is C[C@@H]1C=CC[C@@H]2C(=O)N(c3cccc(OC(=O)[C@@H]4CC(=O)N([C@@H](C)c5ccccc5)C4)c3)C(=O)[C@@H]12. The van der Waals surface area contributed by atoms with Crippen molar-refractivity contribution in [2.45, 2.75) is 32.7 Å². The molecule has 5 atom stereocenters. The highest BCUT2D eigenvalue weighted by molar-refractivity contribution is 6.22. The van der Waals surface area contributed by atoms with Gasteiger partial charge in [0.05, 0.1) is 29.5 Å². The van der Waals surface area contributed by atoms with Gasteiger partial charge >= 0.3 is 5.97 Å². The number of likely N-dealkylation sites (tertiary alicyclic amines) is 1. The second-order valence-corrected chi connectivity index (χ2v) is 9.62. The zero-order valence-electron chi connectivity index (χ0n) is 19.8. The predicted octanol–water partition coefficient (Wildman–Crippen LogP) is 3.90. The summed E-state index contributed by atoms with van der Waals surface area (Å²) in [4.78, 5) is 54.6. The highest BCUT2D eigenvalue weighted by atomic mass is 16.5. The molecule has 7 nitrogen and oxygen atoms in total. The van der Waals surface area contributed by atoms with Gasteiger partial charge in [0.1, 0.15) is 5.75 Å². The maximum absolute atomic E-state index is 13.1. The summed E-state index contributed by atoms with van der Waals surface area (Å²) in [5.74, 6) is -2.06. The van der Waals surface area contributed by atoms with Gasteiger partial charge in [-0.2, -0.15) is 0 Å². The molecule has 2 fully saturated rings. The number of benzene rings is 2. The van der Waals surface area contributed by atoms with Gasteiger partial charge in [-0.3, -0.25) is 19.2 Å². The molecule has 0 N–H and O–H groups in total. The summed E-state index contributed by atoms with van der Waals surface area (Å²) in [6.45, 7) is 4.18. The van der Waals surface area contributed by atoms with E-state index < -0.39 is 11.9 Å². The number of carbonyl (C=O) groups excluding carboxylic acids is 4. The molecule has 3 amide bonds. The molecule has 2 saturated heterocycles. The maximum atomic E-state index is 13.1. The number of imide groups is 1. The first-order chi connectivity index (χ1) is 16.8. The van der Waals surface area contributed by atoms with Gasteiger partial charge in [0.15, 0.2) is 0 Å². The zero-order chi connectivity index (χ0) is 24.7. The van der Waals surface area contributed by atoms with E-state index in [9.17, 15) is 19.2 Å². The molecule has 2 aromatic carbocycles. The lowest BCUT2D eigenvalue weighted by Gasteiger charge is -2.25. The molecule has 0 aromatic heterocycles. The molecular weight excluding hydrogens is 444 g/mol. The normalized spacial score (nSPS) is 26.7. The minimum atomic E-state index is -0.581. The largest absolute Gasteiger partial charge is 0.426 e. The average molecular weight is 473 g/mol. The van der Waals surface area contributed by atoms with Crippen molar-refractivity contribution >= 4 is 29.4 Å². The van der Waals surface area contributed by atoms with Crippen LogP contribution in [-0.2, 0) is 19.2 Å². The van der Waals surface area contributed by atoms with Crippen LogP contribution in [0, 0.1) is 23.7 Å². The monoisotopic (exact) mass is 472 g/mol. The Morgan fingerprint density at radius 3 is 2.54 bits per heavy atom. The smallest absolute Gasteiger partial charge is 0.316 e. The van der Waals surface area contributed by atoms with Crippen LogP contribution in [0.3, 0.4) is 0 Å². The number of carbonyl (C=O) groups is 4. The second kappa shape index (κ2) is 9.13. The Kier molecular flexibility index (Phi) is 6.01. The fourth-order valence-electron chi connectivity index (χ4n) is 5.46. The minimum absolute atomic E-state index is 0.00247. The Bertz CT molecular complexity index is 1210. The van der Waals surface area contributed by atoms with Gasteiger partial charge in [-0.25, -0.2) is 4.90 Å². The lowest BCUT2D eigenvalue weighted by atomic mass is 9.78. The minimum Gasteiger partial charge on any atom is -0.426 e. The van der Waals surface area contributed by atoms with Crippen molar-refractivity contribution in [1.82, 2.24) is 4.90 Å². The third kappa shape index (κ3) is 4.16. The Morgan fingerprint density at radius 1 is 1.03 bits per heavy atom. The Balaban J connectivity index is 1.28. The Labute approximate surface area is 204 Å². The fraction of sp³-hybridized carbons (Fsp3) is 0.357. The molecular formula is C28H28N2O5. The van der Waals surface area contributed by atoms with Crippen molar-refractivity contribution in [3.8, 4) is 5.75 Å². The molecule has 0 bridgehead atoms. The molecule has 2 heterocycles. The molecule has 2 aromatic rings. The standard InChI is InChI=1S/C28H28N2O5/c1-17-8-6-13-23-25(17)27(33)30(26(23)32)21-11-7-12-22(15-21)35-28(34)20-14-24(31)29(16-20)18(2)19-9-4-3-5-10-19/h3-12,15,17-18,20,23,25H,13-14,16H2,1-2H3/t17-,18+,20-,23+,25+/m1/s1. The van der Waals surface area contributed by atoms with Crippen LogP contribution in [0.25, 0.3) is 0 Å². The van der Waals surface area contributed by atoms with E-state index in [4.69, 9.17) is 4.74 Å². The van der Waals surface area contributed by atoms with Crippen molar-refractivity contribution in [2.75, 3.05) is 11.4 Å². The highest BCUT2D eigenvalue weighted by Gasteiger charge is 2.50. The van der Waals surface area contributed by atoms with Crippen LogP contribution in [0.1, 0.15) is 38.3 Å². The molecule has 35 heavy (non-hydrogen) atoms. The zero-order valence-corrected chi connectivity index (χ0v) is 19.8. The van der Waals surface area contributed by atoms with Crippen molar-refractivity contribution in [3.63, 3.8) is 0 Å². The summed E-state index contributed by atoms with van der Waals surface area (Å²) in [7, 11) is 0. The van der Waals surface area contributed by atoms with Gasteiger partial charge in [-0.15, -0.1) is 0 Å². The summed E-state index contributed by atoms with van der Waals surface area (Å²) in [6, 6.07) is 16.0.